The second kappa shape index (κ2) is 6.28. The van der Waals surface area contributed by atoms with E-state index in [1.807, 2.05) is 0 Å². The maximum absolute atomic E-state index is 13.2. The van der Waals surface area contributed by atoms with Crippen LogP contribution in [0.25, 0.3) is 0 Å². The molecule has 6 nitrogen and oxygen atoms in total. The van der Waals surface area contributed by atoms with E-state index >= 15 is 0 Å². The van der Waals surface area contributed by atoms with Crippen molar-refractivity contribution in [2.45, 2.75) is 78.9 Å². The lowest BCUT2D eigenvalue weighted by atomic mass is 9.69. The minimum absolute atomic E-state index is 0.00366. The normalized spacial score (nSPS) is 34.5. The molecule has 1 saturated heterocycles. The van der Waals surface area contributed by atoms with Crippen LogP contribution < -0.4 is 0 Å². The number of nitrogens with zero attached hydrogens (tertiary/aromatic N) is 1. The Labute approximate surface area is 163 Å². The molecule has 27 heavy (non-hydrogen) atoms. The smallest absolute Gasteiger partial charge is 0.238 e. The first-order chi connectivity index (χ1) is 12.3. The third kappa shape index (κ3) is 2.71. The van der Waals surface area contributed by atoms with E-state index in [0.717, 1.165) is 19.3 Å². The molecule has 3 fully saturated rings. The predicted octanol–water partition coefficient (Wildman–Crippen LogP) is 2.76. The van der Waals surface area contributed by atoms with Gasteiger partial charge in [-0.1, -0.05) is 34.6 Å². The highest BCUT2D eigenvalue weighted by molar-refractivity contribution is 7.90. The summed E-state index contributed by atoms with van der Waals surface area (Å²) in [5.41, 5.74) is -1.24. The van der Waals surface area contributed by atoms with Crippen LogP contribution in [0.3, 0.4) is 0 Å². The van der Waals surface area contributed by atoms with Crippen molar-refractivity contribution in [3.63, 3.8) is 0 Å². The summed E-state index contributed by atoms with van der Waals surface area (Å²) in [4.78, 5) is 25.5. The summed E-state index contributed by atoms with van der Waals surface area (Å²) in [6.07, 6.45) is 2.28. The number of sulfonamides is 1. The number of fused-ring (bicyclic) bond motifs is 1. The average molecular weight is 400 g/mol. The topological polar surface area (TPSA) is 80.8 Å². The minimum atomic E-state index is -3.64. The summed E-state index contributed by atoms with van der Waals surface area (Å²) in [6.45, 7) is 9.64. The van der Waals surface area contributed by atoms with Gasteiger partial charge in [0.25, 0.3) is 0 Å². The highest BCUT2D eigenvalue weighted by atomic mass is 32.2. The van der Waals surface area contributed by atoms with Gasteiger partial charge in [-0.05, 0) is 30.6 Å². The maximum atomic E-state index is 13.2. The first-order valence-electron chi connectivity index (χ1n) is 9.96. The first kappa shape index (κ1) is 20.8. The minimum Gasteiger partial charge on any atom is -0.380 e. The molecular formula is C20H33NO5S. The first-order valence-corrected chi connectivity index (χ1v) is 11.6. The van der Waals surface area contributed by atoms with Gasteiger partial charge in [0.1, 0.15) is 5.78 Å². The van der Waals surface area contributed by atoms with E-state index < -0.39 is 27.4 Å². The van der Waals surface area contributed by atoms with Crippen molar-refractivity contribution < 1.29 is 22.7 Å². The summed E-state index contributed by atoms with van der Waals surface area (Å²) in [5.74, 6) is 0.104. The van der Waals surface area contributed by atoms with Crippen LogP contribution in [0.5, 0.6) is 0 Å². The number of ketones is 1. The molecule has 0 radical (unpaired) electrons. The number of rotatable bonds is 6. The van der Waals surface area contributed by atoms with Crippen molar-refractivity contribution >= 4 is 21.7 Å². The Morgan fingerprint density at radius 1 is 1.30 bits per heavy atom. The SMILES string of the molecule is CCC(=O)C(C)(C)[C@H](CC(=O)N1C2CC3CC[C@]2(CS1(=O)=O)C3(C)C)OC. The third-order valence-electron chi connectivity index (χ3n) is 8.15. The Kier molecular flexibility index (Phi) is 4.83. The maximum Gasteiger partial charge on any atom is 0.238 e. The molecule has 2 aliphatic carbocycles. The van der Waals surface area contributed by atoms with Gasteiger partial charge >= 0.3 is 0 Å². The highest BCUT2D eigenvalue weighted by Gasteiger charge is 2.72. The second-order valence-electron chi connectivity index (χ2n) is 9.74. The van der Waals surface area contributed by atoms with E-state index in [0.29, 0.717) is 12.3 Å². The van der Waals surface area contributed by atoms with Gasteiger partial charge in [-0.25, -0.2) is 12.7 Å². The van der Waals surface area contributed by atoms with Crippen LogP contribution in [0.15, 0.2) is 0 Å². The zero-order valence-corrected chi connectivity index (χ0v) is 18.2. The quantitative estimate of drug-likeness (QED) is 0.686. The fourth-order valence-electron chi connectivity index (χ4n) is 6.13. The molecule has 0 aromatic carbocycles. The third-order valence-corrected chi connectivity index (χ3v) is 10.1. The molecule has 0 N–H and O–H groups in total. The Balaban J connectivity index is 1.88. The van der Waals surface area contributed by atoms with Gasteiger partial charge in [-0.2, -0.15) is 0 Å². The summed E-state index contributed by atoms with van der Waals surface area (Å²) in [5, 5.41) is 0. The zero-order valence-electron chi connectivity index (χ0n) is 17.4. The zero-order chi connectivity index (χ0) is 20.4. The van der Waals surface area contributed by atoms with Crippen molar-refractivity contribution in [1.29, 1.82) is 0 Å². The molecular weight excluding hydrogens is 366 g/mol. The largest absolute Gasteiger partial charge is 0.380 e. The number of carbonyl (C=O) groups is 2. The summed E-state index contributed by atoms with van der Waals surface area (Å²) in [7, 11) is -2.17. The molecule has 2 unspecified atom stereocenters. The fourth-order valence-corrected chi connectivity index (χ4v) is 8.69. The van der Waals surface area contributed by atoms with E-state index in [9.17, 15) is 18.0 Å². The molecule has 1 amide bonds. The summed E-state index contributed by atoms with van der Waals surface area (Å²) >= 11 is 0. The molecule has 1 spiro atoms. The van der Waals surface area contributed by atoms with Crippen LogP contribution in [0.1, 0.15) is 66.7 Å². The molecule has 3 aliphatic rings. The molecule has 0 aromatic rings. The van der Waals surface area contributed by atoms with Gasteiger partial charge < -0.3 is 4.74 Å². The summed E-state index contributed by atoms with van der Waals surface area (Å²) in [6, 6.07) is -0.244. The molecule has 154 valence electrons. The highest BCUT2D eigenvalue weighted by Crippen LogP contribution is 2.70. The van der Waals surface area contributed by atoms with Crippen LogP contribution in [0, 0.1) is 22.2 Å². The van der Waals surface area contributed by atoms with Crippen molar-refractivity contribution in [3.8, 4) is 0 Å². The molecule has 3 rings (SSSR count). The van der Waals surface area contributed by atoms with Crippen LogP contribution in [0.2, 0.25) is 0 Å². The van der Waals surface area contributed by atoms with Crippen molar-refractivity contribution in [3.05, 3.63) is 0 Å². The number of carbonyl (C=O) groups excluding carboxylic acids is 2. The molecule has 0 aromatic heterocycles. The number of methoxy groups -OCH3 is 1. The van der Waals surface area contributed by atoms with Gasteiger partial charge in [0.05, 0.1) is 24.3 Å². The Bertz CT molecular complexity index is 756. The predicted molar refractivity (Wildman–Crippen MR) is 102 cm³/mol. The van der Waals surface area contributed by atoms with Gasteiger partial charge in [-0.3, -0.25) is 9.59 Å². The van der Waals surface area contributed by atoms with E-state index in [1.165, 1.54) is 11.4 Å². The Hall–Kier alpha value is -0.950. The number of ether oxygens (including phenoxy) is 1. The van der Waals surface area contributed by atoms with Crippen molar-refractivity contribution in [2.24, 2.45) is 22.2 Å². The number of amides is 1. The van der Waals surface area contributed by atoms with Gasteiger partial charge in [0.2, 0.25) is 15.9 Å². The number of Topliss-reactive ketones (excluding diaryl/α,β-unsaturated/α-hetero) is 1. The standard InChI is InChI=1S/C20H33NO5S/c1-7-15(22)18(2,3)16(26-6)11-17(23)21-14-10-13-8-9-20(14,19(13,4)5)12-27(21,24)25/h13-14,16H,7-12H2,1-6H3/t13?,14?,16-,20+/m0/s1. The molecule has 4 atom stereocenters. The molecule has 7 heteroatoms. The summed E-state index contributed by atoms with van der Waals surface area (Å²) < 4.78 is 32.6. The van der Waals surface area contributed by atoms with Crippen LogP contribution in [-0.2, 0) is 24.3 Å². The van der Waals surface area contributed by atoms with E-state index in [1.54, 1.807) is 20.8 Å². The van der Waals surface area contributed by atoms with Gasteiger partial charge in [-0.15, -0.1) is 0 Å². The van der Waals surface area contributed by atoms with Crippen LogP contribution >= 0.6 is 0 Å². The molecule has 2 saturated carbocycles. The van der Waals surface area contributed by atoms with Crippen LogP contribution in [-0.4, -0.2) is 49.4 Å². The van der Waals surface area contributed by atoms with E-state index in [2.05, 4.69) is 13.8 Å². The lowest BCUT2D eigenvalue weighted by molar-refractivity contribution is -0.140. The van der Waals surface area contributed by atoms with Gasteiger partial charge in [0.15, 0.2) is 0 Å². The fraction of sp³-hybridized carbons (Fsp3) is 0.900. The Morgan fingerprint density at radius 2 is 1.93 bits per heavy atom. The van der Waals surface area contributed by atoms with Gasteiger partial charge in [0, 0.05) is 24.4 Å². The monoisotopic (exact) mass is 399 g/mol. The molecule has 1 aliphatic heterocycles. The van der Waals surface area contributed by atoms with E-state index in [-0.39, 0.29) is 34.8 Å². The lowest BCUT2D eigenvalue weighted by Crippen LogP contribution is -2.47. The van der Waals surface area contributed by atoms with E-state index in [4.69, 9.17) is 4.74 Å². The molecule has 1 heterocycles. The van der Waals surface area contributed by atoms with Crippen LogP contribution in [0.4, 0.5) is 0 Å². The van der Waals surface area contributed by atoms with Crippen molar-refractivity contribution in [2.75, 3.05) is 12.9 Å². The lowest BCUT2D eigenvalue weighted by Gasteiger charge is -2.37. The Morgan fingerprint density at radius 3 is 2.44 bits per heavy atom. The average Bonchev–Trinajstić information content (AvgIpc) is 3.05. The second-order valence-corrected chi connectivity index (χ2v) is 11.6. The van der Waals surface area contributed by atoms with Crippen molar-refractivity contribution in [1.82, 2.24) is 4.31 Å². The number of hydrogen-bond donors (Lipinski definition) is 0. The number of hydrogen-bond acceptors (Lipinski definition) is 5. The molecule has 2 bridgehead atoms.